The Bertz CT molecular complexity index is 1460. The highest BCUT2D eigenvalue weighted by atomic mass is 16.1. The molecule has 2 aromatic carbocycles. The molecule has 5 aromatic rings. The Labute approximate surface area is 196 Å². The Morgan fingerprint density at radius 2 is 1.94 bits per heavy atom. The zero-order chi connectivity index (χ0) is 22.9. The third-order valence-corrected chi connectivity index (χ3v) is 6.52. The van der Waals surface area contributed by atoms with E-state index < -0.39 is 0 Å². The van der Waals surface area contributed by atoms with E-state index in [4.69, 9.17) is 5.10 Å². The maximum absolute atomic E-state index is 12.8. The van der Waals surface area contributed by atoms with E-state index in [9.17, 15) is 4.79 Å². The van der Waals surface area contributed by atoms with Gasteiger partial charge in [-0.15, -0.1) is 5.10 Å². The maximum Gasteiger partial charge on any atom is 0.348 e. The van der Waals surface area contributed by atoms with Crippen LogP contribution in [0, 0.1) is 0 Å². The van der Waals surface area contributed by atoms with Gasteiger partial charge in [0.05, 0.1) is 11.4 Å². The molecule has 0 saturated carbocycles. The van der Waals surface area contributed by atoms with Crippen molar-refractivity contribution in [2.75, 3.05) is 13.1 Å². The van der Waals surface area contributed by atoms with Gasteiger partial charge in [0, 0.05) is 54.6 Å². The quantitative estimate of drug-likeness (QED) is 0.441. The van der Waals surface area contributed by atoms with E-state index in [1.165, 1.54) is 10.2 Å². The summed E-state index contributed by atoms with van der Waals surface area (Å²) in [6.45, 7) is 2.78. The number of aromatic amines is 1. The van der Waals surface area contributed by atoms with Crippen molar-refractivity contribution in [2.45, 2.75) is 25.3 Å². The topological polar surface area (TPSA) is 84.6 Å². The molecule has 1 aliphatic rings. The van der Waals surface area contributed by atoms with Gasteiger partial charge in [0.15, 0.2) is 0 Å². The highest BCUT2D eigenvalue weighted by Gasteiger charge is 2.25. The number of nitrogens with zero attached hydrogens (tertiary/aromatic N) is 6. The number of fused-ring (bicyclic) bond motifs is 1. The van der Waals surface area contributed by atoms with Gasteiger partial charge >= 0.3 is 5.69 Å². The molecule has 1 aliphatic heterocycles. The summed E-state index contributed by atoms with van der Waals surface area (Å²) < 4.78 is 3.35. The molecule has 1 unspecified atom stereocenters. The minimum atomic E-state index is -0.203. The molecule has 1 saturated heterocycles. The Morgan fingerprint density at radius 1 is 1.03 bits per heavy atom. The molecule has 1 atom stereocenters. The highest BCUT2D eigenvalue weighted by Crippen LogP contribution is 2.26. The van der Waals surface area contributed by atoms with Crippen LogP contribution in [0.15, 0.2) is 84.2 Å². The van der Waals surface area contributed by atoms with Gasteiger partial charge in [0.25, 0.3) is 0 Å². The molecule has 0 spiro atoms. The second-order valence-corrected chi connectivity index (χ2v) is 8.79. The number of piperidine rings is 1. The smallest absolute Gasteiger partial charge is 0.298 e. The van der Waals surface area contributed by atoms with Crippen LogP contribution in [0.3, 0.4) is 0 Å². The van der Waals surface area contributed by atoms with Crippen LogP contribution in [0.2, 0.25) is 0 Å². The number of hydrogen-bond acceptors (Lipinski definition) is 5. The summed E-state index contributed by atoms with van der Waals surface area (Å²) in [6, 6.07) is 18.2. The Balaban J connectivity index is 1.20. The fourth-order valence-electron chi connectivity index (χ4n) is 4.83. The summed E-state index contributed by atoms with van der Waals surface area (Å²) in [6.07, 6.45) is 9.36. The molecule has 1 fully saturated rings. The van der Waals surface area contributed by atoms with Crippen LogP contribution in [-0.2, 0) is 6.54 Å². The van der Waals surface area contributed by atoms with E-state index in [-0.39, 0.29) is 11.6 Å². The van der Waals surface area contributed by atoms with Crippen molar-refractivity contribution in [3.05, 3.63) is 101 Å². The van der Waals surface area contributed by atoms with Crippen molar-refractivity contribution in [3.63, 3.8) is 0 Å². The molecule has 4 heterocycles. The van der Waals surface area contributed by atoms with Crippen LogP contribution in [-0.4, -0.2) is 47.5 Å². The summed E-state index contributed by atoms with van der Waals surface area (Å²) in [4.78, 5) is 22.5. The molecule has 3 aromatic heterocycles. The van der Waals surface area contributed by atoms with E-state index >= 15 is 0 Å². The fourth-order valence-corrected chi connectivity index (χ4v) is 4.83. The normalized spacial score (nSPS) is 16.8. The molecule has 8 heteroatoms. The zero-order valence-corrected chi connectivity index (χ0v) is 18.7. The van der Waals surface area contributed by atoms with Crippen molar-refractivity contribution in [2.24, 2.45) is 0 Å². The van der Waals surface area contributed by atoms with E-state index in [2.05, 4.69) is 44.2 Å². The van der Waals surface area contributed by atoms with Crippen LogP contribution in [0.25, 0.3) is 22.1 Å². The Morgan fingerprint density at radius 3 is 2.79 bits per heavy atom. The first kappa shape index (κ1) is 20.6. The molecule has 34 heavy (non-hydrogen) atoms. The lowest BCUT2D eigenvalue weighted by Gasteiger charge is -2.31. The number of rotatable bonds is 5. The van der Waals surface area contributed by atoms with Crippen LogP contribution in [0.1, 0.15) is 30.1 Å². The third kappa shape index (κ3) is 3.92. The van der Waals surface area contributed by atoms with Gasteiger partial charge in [0.1, 0.15) is 5.82 Å². The lowest BCUT2D eigenvalue weighted by atomic mass is 9.97. The minimum Gasteiger partial charge on any atom is -0.298 e. The first-order valence-corrected chi connectivity index (χ1v) is 11.6. The standard InChI is InChI=1S/C26H25N7O/c34-26-29-25(30-33(26)24-6-1-4-20-16-27-13-11-23(20)24)21-5-2-14-31(18-21)17-19-7-9-22(10-8-19)32-15-3-12-28-32/h1,3-4,6-13,15-16,21H,2,5,14,17-18H2,(H,29,30,34). The third-order valence-electron chi connectivity index (χ3n) is 6.52. The molecule has 0 bridgehead atoms. The molecule has 8 nitrogen and oxygen atoms in total. The predicted octanol–water partition coefficient (Wildman–Crippen LogP) is 3.67. The molecular formula is C26H25N7O. The maximum atomic E-state index is 12.8. The lowest BCUT2D eigenvalue weighted by Crippen LogP contribution is -2.34. The van der Waals surface area contributed by atoms with Crippen molar-refractivity contribution in [1.29, 1.82) is 0 Å². The van der Waals surface area contributed by atoms with Crippen LogP contribution in [0.4, 0.5) is 0 Å². The van der Waals surface area contributed by atoms with Crippen molar-refractivity contribution < 1.29 is 0 Å². The number of pyridine rings is 1. The fraction of sp³-hybridized carbons (Fsp3) is 0.231. The van der Waals surface area contributed by atoms with Crippen LogP contribution >= 0.6 is 0 Å². The van der Waals surface area contributed by atoms with Gasteiger partial charge in [-0.2, -0.15) is 9.78 Å². The van der Waals surface area contributed by atoms with E-state index in [0.29, 0.717) is 0 Å². The second-order valence-electron chi connectivity index (χ2n) is 8.79. The Hall–Kier alpha value is -4.04. The van der Waals surface area contributed by atoms with Gasteiger partial charge < -0.3 is 0 Å². The molecule has 170 valence electrons. The number of likely N-dealkylation sites (tertiary alicyclic amines) is 1. The average Bonchev–Trinajstić information content (AvgIpc) is 3.55. The summed E-state index contributed by atoms with van der Waals surface area (Å²) in [5.74, 6) is 0.956. The van der Waals surface area contributed by atoms with E-state index in [1.807, 2.05) is 41.2 Å². The molecule has 0 amide bonds. The summed E-state index contributed by atoms with van der Waals surface area (Å²) in [5.41, 5.74) is 2.89. The number of H-pyrrole nitrogens is 1. The van der Waals surface area contributed by atoms with Crippen molar-refractivity contribution in [3.8, 4) is 11.4 Å². The second kappa shape index (κ2) is 8.72. The van der Waals surface area contributed by atoms with Crippen molar-refractivity contribution >= 4 is 10.8 Å². The molecule has 6 rings (SSSR count). The number of hydrogen-bond donors (Lipinski definition) is 1. The van der Waals surface area contributed by atoms with Crippen LogP contribution < -0.4 is 5.69 Å². The van der Waals surface area contributed by atoms with Gasteiger partial charge in [-0.25, -0.2) is 9.48 Å². The molecule has 0 aliphatic carbocycles. The van der Waals surface area contributed by atoms with E-state index in [0.717, 1.165) is 60.4 Å². The zero-order valence-electron chi connectivity index (χ0n) is 18.7. The first-order valence-electron chi connectivity index (χ1n) is 11.6. The lowest BCUT2D eigenvalue weighted by molar-refractivity contribution is 0.196. The summed E-state index contributed by atoms with van der Waals surface area (Å²) >= 11 is 0. The van der Waals surface area contributed by atoms with E-state index in [1.54, 1.807) is 18.6 Å². The minimum absolute atomic E-state index is 0.197. The van der Waals surface area contributed by atoms with Gasteiger partial charge in [-0.3, -0.25) is 14.9 Å². The van der Waals surface area contributed by atoms with Gasteiger partial charge in [-0.05, 0) is 55.3 Å². The van der Waals surface area contributed by atoms with Gasteiger partial charge in [-0.1, -0.05) is 24.3 Å². The number of aromatic nitrogens is 6. The Kier molecular flexibility index (Phi) is 5.27. The summed E-state index contributed by atoms with van der Waals surface area (Å²) in [7, 11) is 0. The average molecular weight is 452 g/mol. The SMILES string of the molecule is O=c1[nH]c(C2CCCN(Cc3ccc(-n4cccn4)cc3)C2)nn1-c1cccc2cnccc12. The summed E-state index contributed by atoms with van der Waals surface area (Å²) in [5, 5.41) is 11.0. The van der Waals surface area contributed by atoms with Crippen molar-refractivity contribution in [1.82, 2.24) is 34.4 Å². The largest absolute Gasteiger partial charge is 0.348 e. The monoisotopic (exact) mass is 451 g/mol. The number of nitrogens with one attached hydrogen (secondary N) is 1. The molecular weight excluding hydrogens is 426 g/mol. The number of benzene rings is 2. The molecule has 0 radical (unpaired) electrons. The predicted molar refractivity (Wildman–Crippen MR) is 130 cm³/mol. The molecule has 1 N–H and O–H groups in total. The first-order chi connectivity index (χ1) is 16.7. The van der Waals surface area contributed by atoms with Gasteiger partial charge in [0.2, 0.25) is 0 Å². The van der Waals surface area contributed by atoms with Crippen LogP contribution in [0.5, 0.6) is 0 Å². The highest BCUT2D eigenvalue weighted by molar-refractivity contribution is 5.89.